The van der Waals surface area contributed by atoms with Gasteiger partial charge in [0.2, 0.25) is 0 Å². The van der Waals surface area contributed by atoms with Crippen LogP contribution >= 0.6 is 11.6 Å². The fourth-order valence-electron chi connectivity index (χ4n) is 3.00. The highest BCUT2D eigenvalue weighted by atomic mass is 35.5. The summed E-state index contributed by atoms with van der Waals surface area (Å²) in [7, 11) is -3.32. The number of rotatable bonds is 4. The molecule has 0 saturated carbocycles. The second kappa shape index (κ2) is 7.46. The monoisotopic (exact) mass is 424 g/mol. The Morgan fingerprint density at radius 2 is 1.55 bits per heavy atom. The van der Waals surface area contributed by atoms with Gasteiger partial charge in [0.1, 0.15) is 11.5 Å². The first-order valence-corrected chi connectivity index (χ1v) is 11.1. The van der Waals surface area contributed by atoms with Crippen LogP contribution in [0.1, 0.15) is 5.69 Å². The van der Waals surface area contributed by atoms with Crippen molar-refractivity contribution in [2.75, 3.05) is 6.26 Å². The highest BCUT2D eigenvalue weighted by Crippen LogP contribution is 2.34. The van der Waals surface area contributed by atoms with Crippen LogP contribution < -0.4 is 4.74 Å². The Labute approximate surface area is 173 Å². The van der Waals surface area contributed by atoms with E-state index in [1.807, 2.05) is 31.2 Å². The van der Waals surface area contributed by atoms with Crippen LogP contribution in [0.3, 0.4) is 0 Å². The zero-order valence-electron chi connectivity index (χ0n) is 15.8. The van der Waals surface area contributed by atoms with Crippen LogP contribution in [-0.2, 0) is 9.84 Å². The third kappa shape index (κ3) is 4.09. The number of ether oxygens (including phenoxy) is 1. The molecule has 0 amide bonds. The van der Waals surface area contributed by atoms with E-state index >= 15 is 0 Å². The van der Waals surface area contributed by atoms with E-state index in [4.69, 9.17) is 21.3 Å². The van der Waals surface area contributed by atoms with Crippen molar-refractivity contribution in [3.8, 4) is 22.8 Å². The maximum Gasteiger partial charge on any atom is 0.175 e. The van der Waals surface area contributed by atoms with Crippen molar-refractivity contribution >= 4 is 32.5 Å². The normalized spacial score (nSPS) is 11.6. The van der Waals surface area contributed by atoms with Crippen molar-refractivity contribution in [2.45, 2.75) is 11.8 Å². The number of nitrogens with zero attached hydrogens (tertiary/aromatic N) is 2. The van der Waals surface area contributed by atoms with E-state index in [1.165, 1.54) is 12.1 Å². The van der Waals surface area contributed by atoms with Crippen LogP contribution in [0.4, 0.5) is 0 Å². The lowest BCUT2D eigenvalue weighted by molar-refractivity contribution is 0.481. The molecule has 0 unspecified atom stereocenters. The number of hydrogen-bond acceptors (Lipinski definition) is 5. The predicted molar refractivity (Wildman–Crippen MR) is 114 cm³/mol. The van der Waals surface area contributed by atoms with Crippen molar-refractivity contribution in [1.82, 2.24) is 9.97 Å². The highest BCUT2D eigenvalue weighted by Gasteiger charge is 2.14. The van der Waals surface area contributed by atoms with Gasteiger partial charge in [-0.2, -0.15) is 0 Å². The molecule has 0 fully saturated rings. The van der Waals surface area contributed by atoms with Crippen molar-refractivity contribution in [1.29, 1.82) is 0 Å². The molecule has 4 rings (SSSR count). The molecule has 0 spiro atoms. The Hall–Kier alpha value is -2.96. The van der Waals surface area contributed by atoms with Gasteiger partial charge in [0.05, 0.1) is 32.3 Å². The van der Waals surface area contributed by atoms with Gasteiger partial charge in [0, 0.05) is 11.8 Å². The molecule has 4 aromatic rings. The Balaban J connectivity index is 1.75. The summed E-state index contributed by atoms with van der Waals surface area (Å²) in [5.41, 5.74) is 3.70. The van der Waals surface area contributed by atoms with Gasteiger partial charge in [0.25, 0.3) is 0 Å². The molecule has 146 valence electrons. The molecule has 0 bridgehead atoms. The van der Waals surface area contributed by atoms with Crippen LogP contribution in [-0.4, -0.2) is 24.6 Å². The minimum Gasteiger partial charge on any atom is -0.457 e. The molecule has 1 aromatic heterocycles. The quantitative estimate of drug-likeness (QED) is 0.435. The number of aromatic nitrogens is 2. The van der Waals surface area contributed by atoms with Crippen LogP contribution in [0.5, 0.6) is 11.5 Å². The zero-order valence-corrected chi connectivity index (χ0v) is 17.3. The molecule has 0 N–H and O–H groups in total. The fourth-order valence-corrected chi connectivity index (χ4v) is 3.86. The van der Waals surface area contributed by atoms with Gasteiger partial charge < -0.3 is 4.74 Å². The van der Waals surface area contributed by atoms with Gasteiger partial charge in [-0.15, -0.1) is 0 Å². The topological polar surface area (TPSA) is 69.2 Å². The number of aryl methyl sites for hydroxylation is 1. The SMILES string of the molecule is Cc1nc2ccccc2nc1-c1cc(Oc2cccc(S(C)(=O)=O)c2)ccc1Cl. The first-order chi connectivity index (χ1) is 13.8. The summed E-state index contributed by atoms with van der Waals surface area (Å²) in [6.45, 7) is 1.88. The maximum atomic E-state index is 11.8. The Morgan fingerprint density at radius 1 is 0.862 bits per heavy atom. The summed E-state index contributed by atoms with van der Waals surface area (Å²) in [4.78, 5) is 9.53. The van der Waals surface area contributed by atoms with E-state index in [0.29, 0.717) is 27.8 Å². The van der Waals surface area contributed by atoms with Crippen molar-refractivity contribution in [3.63, 3.8) is 0 Å². The molecule has 7 heteroatoms. The molecule has 0 aliphatic heterocycles. The molecule has 0 aliphatic rings. The summed E-state index contributed by atoms with van der Waals surface area (Å²) in [5.74, 6) is 0.937. The Kier molecular flexibility index (Phi) is 4.98. The van der Waals surface area contributed by atoms with E-state index in [2.05, 4.69) is 4.98 Å². The Bertz CT molecular complexity index is 1340. The minimum absolute atomic E-state index is 0.195. The van der Waals surface area contributed by atoms with E-state index < -0.39 is 9.84 Å². The summed E-state index contributed by atoms with van der Waals surface area (Å²) < 4.78 is 29.4. The molecule has 3 aromatic carbocycles. The Morgan fingerprint density at radius 3 is 2.28 bits per heavy atom. The second-order valence-corrected chi connectivity index (χ2v) is 9.06. The molecular formula is C22H17ClN2O3S. The average molecular weight is 425 g/mol. The van der Waals surface area contributed by atoms with Gasteiger partial charge >= 0.3 is 0 Å². The summed E-state index contributed by atoms with van der Waals surface area (Å²) in [6, 6.07) is 19.2. The third-order valence-corrected chi connectivity index (χ3v) is 5.85. The predicted octanol–water partition coefficient (Wildman–Crippen LogP) is 5.45. The average Bonchev–Trinajstić information content (AvgIpc) is 2.69. The lowest BCUT2D eigenvalue weighted by atomic mass is 10.1. The maximum absolute atomic E-state index is 11.8. The summed E-state index contributed by atoms with van der Waals surface area (Å²) in [6.07, 6.45) is 1.16. The number of benzene rings is 3. The van der Waals surface area contributed by atoms with E-state index in [9.17, 15) is 8.42 Å². The first-order valence-electron chi connectivity index (χ1n) is 8.82. The molecule has 29 heavy (non-hydrogen) atoms. The second-order valence-electron chi connectivity index (χ2n) is 6.64. The first kappa shape index (κ1) is 19.4. The molecule has 5 nitrogen and oxygen atoms in total. The molecule has 0 aliphatic carbocycles. The van der Waals surface area contributed by atoms with Gasteiger partial charge in [-0.05, 0) is 55.5 Å². The van der Waals surface area contributed by atoms with Crippen LogP contribution in [0, 0.1) is 6.92 Å². The smallest absolute Gasteiger partial charge is 0.175 e. The molecule has 1 heterocycles. The number of hydrogen-bond donors (Lipinski definition) is 0. The molecular weight excluding hydrogens is 408 g/mol. The van der Waals surface area contributed by atoms with Crippen molar-refractivity contribution in [3.05, 3.63) is 77.4 Å². The number of halogens is 1. The van der Waals surface area contributed by atoms with Crippen molar-refractivity contribution < 1.29 is 13.2 Å². The van der Waals surface area contributed by atoms with Crippen LogP contribution in [0.15, 0.2) is 71.6 Å². The molecule has 0 atom stereocenters. The number of sulfone groups is 1. The van der Waals surface area contributed by atoms with Crippen molar-refractivity contribution in [2.24, 2.45) is 0 Å². The highest BCUT2D eigenvalue weighted by molar-refractivity contribution is 7.90. The standard InChI is InChI=1S/C22H17ClN2O3S/c1-14-22(25-21-9-4-3-8-20(21)24-14)18-13-16(10-11-19(18)23)28-15-6-5-7-17(12-15)29(2,26)27/h3-13H,1-2H3. The number of fused-ring (bicyclic) bond motifs is 1. The van der Waals surface area contributed by atoms with Gasteiger partial charge in [-0.1, -0.05) is 29.8 Å². The lowest BCUT2D eigenvalue weighted by Gasteiger charge is -2.12. The zero-order chi connectivity index (χ0) is 20.6. The minimum atomic E-state index is -3.32. The lowest BCUT2D eigenvalue weighted by Crippen LogP contribution is -1.97. The van der Waals surface area contributed by atoms with E-state index in [0.717, 1.165) is 23.0 Å². The summed E-state index contributed by atoms with van der Waals surface area (Å²) >= 11 is 6.44. The molecule has 0 radical (unpaired) electrons. The van der Waals surface area contributed by atoms with Gasteiger partial charge in [-0.25, -0.2) is 18.4 Å². The van der Waals surface area contributed by atoms with Gasteiger partial charge in [0.15, 0.2) is 9.84 Å². The molecule has 0 saturated heterocycles. The van der Waals surface area contributed by atoms with Gasteiger partial charge in [-0.3, -0.25) is 0 Å². The third-order valence-electron chi connectivity index (χ3n) is 4.41. The number of para-hydroxylation sites is 2. The summed E-state index contributed by atoms with van der Waals surface area (Å²) in [5, 5.41) is 0.523. The fraction of sp³-hybridized carbons (Fsp3) is 0.0909. The van der Waals surface area contributed by atoms with Crippen LogP contribution in [0.25, 0.3) is 22.3 Å². The van der Waals surface area contributed by atoms with Crippen LogP contribution in [0.2, 0.25) is 5.02 Å². The largest absolute Gasteiger partial charge is 0.457 e. The van der Waals surface area contributed by atoms with E-state index in [1.54, 1.807) is 30.3 Å². The van der Waals surface area contributed by atoms with E-state index in [-0.39, 0.29) is 4.90 Å².